The van der Waals surface area contributed by atoms with Gasteiger partial charge in [0.1, 0.15) is 10.7 Å². The van der Waals surface area contributed by atoms with Gasteiger partial charge in [-0.15, -0.1) is 0 Å². The van der Waals surface area contributed by atoms with E-state index in [9.17, 15) is 18.4 Å². The highest BCUT2D eigenvalue weighted by atomic mass is 32.1. The van der Waals surface area contributed by atoms with Crippen LogP contribution in [-0.2, 0) is 12.7 Å². The standard InChI is InChI=1S/C20H13F3N2S/c21-20(22,23)17-11-18(15-9-5-2-6-10-15)25(19(26)16(17)12-24)13-14-7-3-1-4-8-14/h1-11H,13H2. The Bertz CT molecular complexity index is 1020. The summed E-state index contributed by atoms with van der Waals surface area (Å²) in [5.74, 6) is 0. The van der Waals surface area contributed by atoms with Crippen molar-refractivity contribution >= 4 is 12.2 Å². The van der Waals surface area contributed by atoms with Gasteiger partial charge >= 0.3 is 6.18 Å². The van der Waals surface area contributed by atoms with Gasteiger partial charge in [0.2, 0.25) is 0 Å². The lowest BCUT2D eigenvalue weighted by Crippen LogP contribution is -2.15. The molecule has 3 rings (SSSR count). The van der Waals surface area contributed by atoms with Gasteiger partial charge < -0.3 is 4.57 Å². The molecule has 0 saturated carbocycles. The average Bonchev–Trinajstić information content (AvgIpc) is 2.63. The second kappa shape index (κ2) is 7.14. The highest BCUT2D eigenvalue weighted by Crippen LogP contribution is 2.35. The molecule has 0 atom stereocenters. The van der Waals surface area contributed by atoms with E-state index >= 15 is 0 Å². The van der Waals surface area contributed by atoms with Crippen molar-refractivity contribution in [2.75, 3.05) is 0 Å². The number of hydrogen-bond donors (Lipinski definition) is 0. The number of nitrogens with zero attached hydrogens (tertiary/aromatic N) is 2. The first-order chi connectivity index (χ1) is 12.4. The van der Waals surface area contributed by atoms with E-state index in [0.717, 1.165) is 11.6 Å². The van der Waals surface area contributed by atoms with E-state index in [0.29, 0.717) is 11.3 Å². The molecule has 1 heterocycles. The first-order valence-electron chi connectivity index (χ1n) is 7.76. The molecule has 2 aromatic carbocycles. The average molecular weight is 370 g/mol. The molecule has 0 amide bonds. The smallest absolute Gasteiger partial charge is 0.327 e. The van der Waals surface area contributed by atoms with Crippen LogP contribution < -0.4 is 0 Å². The fraction of sp³-hybridized carbons (Fsp3) is 0.100. The second-order valence-electron chi connectivity index (χ2n) is 5.67. The molecule has 0 aliphatic heterocycles. The molecule has 1 aromatic heterocycles. The third-order valence-corrected chi connectivity index (χ3v) is 4.39. The van der Waals surface area contributed by atoms with Crippen LogP contribution in [0.25, 0.3) is 11.3 Å². The molecule has 0 N–H and O–H groups in total. The summed E-state index contributed by atoms with van der Waals surface area (Å²) < 4.78 is 41.8. The normalized spacial score (nSPS) is 11.2. The number of aromatic nitrogens is 1. The molecule has 0 saturated heterocycles. The lowest BCUT2D eigenvalue weighted by atomic mass is 10.0. The lowest BCUT2D eigenvalue weighted by molar-refractivity contribution is -0.137. The van der Waals surface area contributed by atoms with Crippen LogP contribution in [-0.4, -0.2) is 4.57 Å². The predicted octanol–water partition coefficient (Wildman–Crippen LogP) is 5.82. The number of halogens is 3. The topological polar surface area (TPSA) is 28.7 Å². The number of nitriles is 1. The molecule has 0 unspecified atom stereocenters. The summed E-state index contributed by atoms with van der Waals surface area (Å²) in [7, 11) is 0. The fourth-order valence-corrected chi connectivity index (χ4v) is 3.07. The van der Waals surface area contributed by atoms with Crippen molar-refractivity contribution in [3.8, 4) is 17.3 Å². The molecule has 0 radical (unpaired) electrons. The Morgan fingerprint density at radius 2 is 1.54 bits per heavy atom. The van der Waals surface area contributed by atoms with Gasteiger partial charge in [-0.05, 0) is 17.2 Å². The van der Waals surface area contributed by atoms with Crippen LogP contribution in [0.5, 0.6) is 0 Å². The van der Waals surface area contributed by atoms with Gasteiger partial charge in [-0.25, -0.2) is 0 Å². The van der Waals surface area contributed by atoms with Gasteiger partial charge in [-0.1, -0.05) is 72.9 Å². The van der Waals surface area contributed by atoms with E-state index in [1.54, 1.807) is 41.0 Å². The second-order valence-corrected chi connectivity index (χ2v) is 6.06. The number of benzene rings is 2. The predicted molar refractivity (Wildman–Crippen MR) is 96.0 cm³/mol. The highest BCUT2D eigenvalue weighted by Gasteiger charge is 2.35. The summed E-state index contributed by atoms with van der Waals surface area (Å²) in [6, 6.07) is 20.6. The van der Waals surface area contributed by atoms with Gasteiger partial charge in [0, 0.05) is 6.54 Å². The Labute approximate surface area is 153 Å². The van der Waals surface area contributed by atoms with Crippen LogP contribution >= 0.6 is 12.2 Å². The van der Waals surface area contributed by atoms with Gasteiger partial charge in [-0.2, -0.15) is 18.4 Å². The molecule has 3 aromatic rings. The molecular weight excluding hydrogens is 357 g/mol. The monoisotopic (exact) mass is 370 g/mol. The van der Waals surface area contributed by atoms with E-state index in [-0.39, 0.29) is 11.2 Å². The van der Waals surface area contributed by atoms with E-state index in [1.807, 2.05) is 30.3 Å². The van der Waals surface area contributed by atoms with Crippen LogP contribution in [0.1, 0.15) is 16.7 Å². The SMILES string of the molecule is N#Cc1c(C(F)(F)F)cc(-c2ccccc2)n(Cc2ccccc2)c1=S. The minimum Gasteiger partial charge on any atom is -0.327 e. The molecular formula is C20H13F3N2S. The van der Waals surface area contributed by atoms with Crippen molar-refractivity contribution in [2.45, 2.75) is 12.7 Å². The molecule has 2 nitrogen and oxygen atoms in total. The minimum atomic E-state index is -4.66. The Balaban J connectivity index is 2.31. The van der Waals surface area contributed by atoms with Crippen LogP contribution in [0.2, 0.25) is 0 Å². The summed E-state index contributed by atoms with van der Waals surface area (Å²) in [6.07, 6.45) is -4.66. The molecule has 0 fully saturated rings. The van der Waals surface area contributed by atoms with Crippen molar-refractivity contribution in [3.63, 3.8) is 0 Å². The van der Waals surface area contributed by atoms with Crippen molar-refractivity contribution in [1.29, 1.82) is 5.26 Å². The number of hydrogen-bond acceptors (Lipinski definition) is 2. The zero-order valence-corrected chi connectivity index (χ0v) is 14.3. The summed E-state index contributed by atoms with van der Waals surface area (Å²) in [5, 5.41) is 9.28. The molecule has 0 aliphatic rings. The first-order valence-corrected chi connectivity index (χ1v) is 8.17. The van der Waals surface area contributed by atoms with Gasteiger partial charge in [0.05, 0.1) is 16.8 Å². The molecule has 6 heteroatoms. The number of pyridine rings is 1. The maximum Gasteiger partial charge on any atom is 0.417 e. The minimum absolute atomic E-state index is 0.120. The third kappa shape index (κ3) is 3.53. The molecule has 0 bridgehead atoms. The molecule has 130 valence electrons. The van der Waals surface area contributed by atoms with Gasteiger partial charge in [-0.3, -0.25) is 0 Å². The van der Waals surface area contributed by atoms with Gasteiger partial charge in [0.25, 0.3) is 0 Å². The largest absolute Gasteiger partial charge is 0.417 e. The fourth-order valence-electron chi connectivity index (χ4n) is 2.75. The van der Waals surface area contributed by atoms with Crippen molar-refractivity contribution in [1.82, 2.24) is 4.57 Å². The number of alkyl halides is 3. The van der Waals surface area contributed by atoms with E-state index < -0.39 is 17.3 Å². The Kier molecular flexibility index (Phi) is 4.92. The molecule has 26 heavy (non-hydrogen) atoms. The first kappa shape index (κ1) is 17.9. The van der Waals surface area contributed by atoms with Crippen LogP contribution in [0, 0.1) is 16.0 Å². The highest BCUT2D eigenvalue weighted by molar-refractivity contribution is 7.71. The maximum atomic E-state index is 13.5. The van der Waals surface area contributed by atoms with E-state index in [1.165, 1.54) is 0 Å². The Morgan fingerprint density at radius 3 is 2.08 bits per heavy atom. The van der Waals surface area contributed by atoms with Crippen LogP contribution in [0.3, 0.4) is 0 Å². The zero-order valence-electron chi connectivity index (χ0n) is 13.5. The van der Waals surface area contributed by atoms with Crippen molar-refractivity contribution in [3.05, 3.63) is 88.1 Å². The summed E-state index contributed by atoms with van der Waals surface area (Å²) >= 11 is 5.27. The summed E-state index contributed by atoms with van der Waals surface area (Å²) in [5.41, 5.74) is 0.274. The summed E-state index contributed by atoms with van der Waals surface area (Å²) in [6.45, 7) is 0.275. The molecule has 0 spiro atoms. The van der Waals surface area contributed by atoms with Crippen LogP contribution in [0.4, 0.5) is 13.2 Å². The number of rotatable bonds is 3. The van der Waals surface area contributed by atoms with Crippen molar-refractivity contribution in [2.24, 2.45) is 0 Å². The van der Waals surface area contributed by atoms with Gasteiger partial charge in [0.15, 0.2) is 0 Å². The quantitative estimate of drug-likeness (QED) is 0.543. The Hall–Kier alpha value is -2.91. The zero-order chi connectivity index (χ0) is 18.7. The van der Waals surface area contributed by atoms with E-state index in [2.05, 4.69) is 0 Å². The van der Waals surface area contributed by atoms with Crippen molar-refractivity contribution < 1.29 is 13.2 Å². The molecule has 0 aliphatic carbocycles. The maximum absolute atomic E-state index is 13.5. The Morgan fingerprint density at radius 1 is 0.962 bits per heavy atom. The lowest BCUT2D eigenvalue weighted by Gasteiger charge is -2.19. The summed E-state index contributed by atoms with van der Waals surface area (Å²) in [4.78, 5) is 0. The van der Waals surface area contributed by atoms with E-state index in [4.69, 9.17) is 12.2 Å². The van der Waals surface area contributed by atoms with Crippen LogP contribution in [0.15, 0.2) is 66.7 Å². The third-order valence-electron chi connectivity index (χ3n) is 3.97.